The van der Waals surface area contributed by atoms with Crippen LogP contribution in [0.5, 0.6) is 5.75 Å². The van der Waals surface area contributed by atoms with Crippen molar-refractivity contribution in [1.82, 2.24) is 0 Å². The molecule has 0 radical (unpaired) electrons. The van der Waals surface area contributed by atoms with Gasteiger partial charge in [-0.15, -0.1) is 0 Å². The van der Waals surface area contributed by atoms with E-state index in [4.69, 9.17) is 20.8 Å². The van der Waals surface area contributed by atoms with Gasteiger partial charge in [0.05, 0.1) is 9.85 Å². The Balaban J connectivity index is 1.64. The lowest BCUT2D eigenvalue weighted by molar-refractivity contribution is -0.384. The predicted octanol–water partition coefficient (Wildman–Crippen LogP) is 4.58. The van der Waals surface area contributed by atoms with E-state index in [-0.39, 0.29) is 34.5 Å². The van der Waals surface area contributed by atoms with E-state index >= 15 is 0 Å². The van der Waals surface area contributed by atoms with Crippen LogP contribution >= 0.6 is 11.6 Å². The Hall–Kier alpha value is -3.92. The highest BCUT2D eigenvalue weighted by atomic mass is 35.5. The average Bonchev–Trinajstić information content (AvgIpc) is 3.17. The number of halogens is 1. The number of non-ortho nitro benzene ring substituents is 1. The molecule has 0 saturated heterocycles. The fraction of sp³-hybridized carbons (Fsp3) is 0.0556. The minimum absolute atomic E-state index is 0.0216. The largest absolute Gasteiger partial charge is 0.486 e. The molecular formula is C18H12ClN3O7. The zero-order valence-corrected chi connectivity index (χ0v) is 15.3. The highest BCUT2D eigenvalue weighted by molar-refractivity contribution is 6.31. The molecule has 0 aliphatic heterocycles. The van der Waals surface area contributed by atoms with Crippen LogP contribution in [0, 0.1) is 20.2 Å². The molecule has 148 valence electrons. The summed E-state index contributed by atoms with van der Waals surface area (Å²) in [6, 6.07) is 12.2. The molecule has 0 aliphatic rings. The molecule has 0 bridgehead atoms. The SMILES string of the molecule is O=C(Nc1ccc(Cl)cc1[N+](=O)[O-])c1ccc(COc2ccc([N+](=O)[O-])cc2)o1. The second kappa shape index (κ2) is 8.40. The van der Waals surface area contributed by atoms with Crippen molar-refractivity contribution >= 4 is 34.6 Å². The lowest BCUT2D eigenvalue weighted by atomic mass is 10.2. The van der Waals surface area contributed by atoms with E-state index in [0.717, 1.165) is 6.07 Å². The van der Waals surface area contributed by atoms with Gasteiger partial charge in [0.15, 0.2) is 5.76 Å². The summed E-state index contributed by atoms with van der Waals surface area (Å²) < 4.78 is 10.8. The van der Waals surface area contributed by atoms with Crippen molar-refractivity contribution < 1.29 is 23.8 Å². The van der Waals surface area contributed by atoms with Crippen molar-refractivity contribution in [3.63, 3.8) is 0 Å². The number of amides is 1. The molecular weight excluding hydrogens is 406 g/mol. The molecule has 3 rings (SSSR count). The molecule has 0 saturated carbocycles. The zero-order chi connectivity index (χ0) is 21.0. The number of anilines is 1. The molecule has 3 aromatic rings. The van der Waals surface area contributed by atoms with Gasteiger partial charge in [0.25, 0.3) is 17.3 Å². The first-order valence-electron chi connectivity index (χ1n) is 8.05. The van der Waals surface area contributed by atoms with E-state index in [2.05, 4.69) is 5.32 Å². The Morgan fingerprint density at radius 2 is 1.76 bits per heavy atom. The molecule has 2 aromatic carbocycles. The van der Waals surface area contributed by atoms with Crippen molar-refractivity contribution in [3.8, 4) is 5.75 Å². The molecule has 0 fully saturated rings. The topological polar surface area (TPSA) is 138 Å². The van der Waals surface area contributed by atoms with Gasteiger partial charge in [-0.1, -0.05) is 11.6 Å². The smallest absolute Gasteiger partial charge is 0.294 e. The van der Waals surface area contributed by atoms with Crippen molar-refractivity contribution in [1.29, 1.82) is 0 Å². The van der Waals surface area contributed by atoms with Crippen LogP contribution in [0.3, 0.4) is 0 Å². The number of carbonyl (C=O) groups excluding carboxylic acids is 1. The molecule has 0 aliphatic carbocycles. The van der Waals surface area contributed by atoms with E-state index in [9.17, 15) is 25.0 Å². The van der Waals surface area contributed by atoms with Gasteiger partial charge in [-0.3, -0.25) is 25.0 Å². The number of hydrogen-bond acceptors (Lipinski definition) is 7. The number of rotatable bonds is 7. The van der Waals surface area contributed by atoms with Gasteiger partial charge < -0.3 is 14.5 Å². The number of benzene rings is 2. The number of nitrogens with one attached hydrogen (secondary N) is 1. The van der Waals surface area contributed by atoms with E-state index in [0.29, 0.717) is 11.5 Å². The zero-order valence-electron chi connectivity index (χ0n) is 14.5. The van der Waals surface area contributed by atoms with Gasteiger partial charge in [0, 0.05) is 23.2 Å². The van der Waals surface area contributed by atoms with Gasteiger partial charge in [0.2, 0.25) is 0 Å². The number of nitro benzene ring substituents is 2. The Morgan fingerprint density at radius 3 is 2.41 bits per heavy atom. The summed E-state index contributed by atoms with van der Waals surface area (Å²) in [5.41, 5.74) is -0.436. The number of ether oxygens (including phenoxy) is 1. The maximum absolute atomic E-state index is 12.3. The van der Waals surface area contributed by atoms with Crippen molar-refractivity contribution in [2.45, 2.75) is 6.61 Å². The van der Waals surface area contributed by atoms with Gasteiger partial charge in [-0.2, -0.15) is 0 Å². The number of hydrogen-bond donors (Lipinski definition) is 1. The molecule has 1 heterocycles. The minimum Gasteiger partial charge on any atom is -0.486 e. The summed E-state index contributed by atoms with van der Waals surface area (Å²) in [5, 5.41) is 24.3. The Kier molecular flexibility index (Phi) is 5.74. The predicted molar refractivity (Wildman–Crippen MR) is 102 cm³/mol. The molecule has 0 atom stereocenters. The molecule has 29 heavy (non-hydrogen) atoms. The number of carbonyl (C=O) groups is 1. The summed E-state index contributed by atoms with van der Waals surface area (Å²) in [7, 11) is 0. The van der Waals surface area contributed by atoms with Crippen molar-refractivity contribution in [3.05, 3.63) is 91.4 Å². The van der Waals surface area contributed by atoms with Gasteiger partial charge in [0.1, 0.15) is 23.8 Å². The van der Waals surface area contributed by atoms with Crippen molar-refractivity contribution in [2.24, 2.45) is 0 Å². The van der Waals surface area contributed by atoms with Crippen LogP contribution < -0.4 is 10.1 Å². The summed E-state index contributed by atoms with van der Waals surface area (Å²) in [6.07, 6.45) is 0. The maximum Gasteiger partial charge on any atom is 0.294 e. The third-order valence-corrected chi connectivity index (χ3v) is 3.95. The quantitative estimate of drug-likeness (QED) is 0.438. The Labute approximate surface area is 168 Å². The third kappa shape index (κ3) is 4.87. The Bertz CT molecular complexity index is 1080. The standard InChI is InChI=1S/C18H12ClN3O7/c19-11-1-7-15(16(9-11)22(26)27)20-18(23)17-8-6-14(29-17)10-28-13-4-2-12(3-5-13)21(24)25/h1-9H,10H2,(H,20,23). The molecule has 1 amide bonds. The molecule has 1 N–H and O–H groups in total. The average molecular weight is 418 g/mol. The lowest BCUT2D eigenvalue weighted by Gasteiger charge is -2.05. The van der Waals surface area contributed by atoms with E-state index in [1.165, 1.54) is 48.5 Å². The van der Waals surface area contributed by atoms with Gasteiger partial charge in [-0.05, 0) is 36.4 Å². The summed E-state index contributed by atoms with van der Waals surface area (Å²) in [6.45, 7) is -0.0216. The number of nitro groups is 2. The summed E-state index contributed by atoms with van der Waals surface area (Å²) >= 11 is 5.74. The van der Waals surface area contributed by atoms with Crippen LogP contribution in [-0.2, 0) is 6.61 Å². The summed E-state index contributed by atoms with van der Waals surface area (Å²) in [4.78, 5) is 32.8. The minimum atomic E-state index is -0.683. The molecule has 11 heteroatoms. The van der Waals surface area contributed by atoms with Gasteiger partial charge >= 0.3 is 0 Å². The normalized spacial score (nSPS) is 10.4. The fourth-order valence-electron chi connectivity index (χ4n) is 2.34. The van der Waals surface area contributed by atoms with Crippen LogP contribution in [0.25, 0.3) is 0 Å². The van der Waals surface area contributed by atoms with Gasteiger partial charge in [-0.25, -0.2) is 0 Å². The first kappa shape index (κ1) is 19.8. The second-order valence-corrected chi connectivity index (χ2v) is 6.11. The lowest BCUT2D eigenvalue weighted by Crippen LogP contribution is -2.12. The molecule has 10 nitrogen and oxygen atoms in total. The molecule has 0 spiro atoms. The molecule has 0 unspecified atom stereocenters. The molecule has 1 aromatic heterocycles. The van der Waals surface area contributed by atoms with Crippen LogP contribution in [0.1, 0.15) is 16.3 Å². The number of furan rings is 1. The van der Waals surface area contributed by atoms with E-state index in [1.807, 2.05) is 0 Å². The van der Waals surface area contributed by atoms with Crippen molar-refractivity contribution in [2.75, 3.05) is 5.32 Å². The maximum atomic E-state index is 12.3. The van der Waals surface area contributed by atoms with Crippen LogP contribution in [0.2, 0.25) is 5.02 Å². The highest BCUT2D eigenvalue weighted by Gasteiger charge is 2.19. The van der Waals surface area contributed by atoms with E-state index in [1.54, 1.807) is 0 Å². The summed E-state index contributed by atoms with van der Waals surface area (Å²) in [5.74, 6) is -0.0533. The van der Waals surface area contributed by atoms with Crippen LogP contribution in [0.4, 0.5) is 17.1 Å². The fourth-order valence-corrected chi connectivity index (χ4v) is 2.51. The third-order valence-electron chi connectivity index (χ3n) is 3.72. The second-order valence-electron chi connectivity index (χ2n) is 5.68. The highest BCUT2D eigenvalue weighted by Crippen LogP contribution is 2.28. The van der Waals surface area contributed by atoms with E-state index < -0.39 is 15.8 Å². The Morgan fingerprint density at radius 1 is 1.03 bits per heavy atom. The number of nitrogens with zero attached hydrogens (tertiary/aromatic N) is 2. The van der Waals surface area contributed by atoms with Crippen LogP contribution in [0.15, 0.2) is 59.0 Å². The monoisotopic (exact) mass is 417 g/mol. The first-order chi connectivity index (χ1) is 13.8. The first-order valence-corrected chi connectivity index (χ1v) is 8.42. The van der Waals surface area contributed by atoms with Crippen LogP contribution in [-0.4, -0.2) is 15.8 Å².